The third-order valence-corrected chi connectivity index (χ3v) is 7.79. The van der Waals surface area contributed by atoms with Gasteiger partial charge in [-0.2, -0.15) is 4.31 Å². The SMILES string of the molecule is O=C(NCCCOc1ccccc1F)C1CCN(S(=O)(=O)c2ccc3ccccc3c2)CC1. The highest BCUT2D eigenvalue weighted by atomic mass is 32.2. The van der Waals surface area contributed by atoms with E-state index >= 15 is 0 Å². The standard InChI is InChI=1S/C25H27FN2O4S/c26-23-8-3-4-9-24(23)32-17-5-14-27-25(29)20-12-15-28(16-13-20)33(30,31)22-11-10-19-6-1-2-7-21(19)18-22/h1-4,6-11,18,20H,5,12-17H2,(H,27,29). The number of carbonyl (C=O) groups excluding carboxylic acids is 1. The monoisotopic (exact) mass is 470 g/mol. The van der Waals surface area contributed by atoms with Crippen LogP contribution in [0.3, 0.4) is 0 Å². The third kappa shape index (κ3) is 5.51. The number of amides is 1. The number of rotatable bonds is 8. The van der Waals surface area contributed by atoms with Gasteiger partial charge in [-0.3, -0.25) is 4.79 Å². The number of nitrogens with one attached hydrogen (secondary N) is 1. The molecule has 0 aliphatic carbocycles. The summed E-state index contributed by atoms with van der Waals surface area (Å²) in [6, 6.07) is 19.0. The lowest BCUT2D eigenvalue weighted by Gasteiger charge is -2.30. The summed E-state index contributed by atoms with van der Waals surface area (Å²) < 4.78 is 46.5. The van der Waals surface area contributed by atoms with Crippen LogP contribution in [0.5, 0.6) is 5.75 Å². The van der Waals surface area contributed by atoms with Gasteiger partial charge in [0.05, 0.1) is 11.5 Å². The Morgan fingerprint density at radius 1 is 1.00 bits per heavy atom. The molecule has 33 heavy (non-hydrogen) atoms. The smallest absolute Gasteiger partial charge is 0.243 e. The molecule has 0 saturated carbocycles. The van der Waals surface area contributed by atoms with Gasteiger partial charge in [0.1, 0.15) is 0 Å². The first-order chi connectivity index (χ1) is 15.9. The fraction of sp³-hybridized carbons (Fsp3) is 0.320. The fourth-order valence-electron chi connectivity index (χ4n) is 4.01. The Labute approximate surface area is 193 Å². The number of para-hydroxylation sites is 1. The van der Waals surface area contributed by atoms with Gasteiger partial charge in [0.15, 0.2) is 11.6 Å². The zero-order chi connectivity index (χ0) is 23.3. The summed E-state index contributed by atoms with van der Waals surface area (Å²) in [5.74, 6) is -0.514. The van der Waals surface area contributed by atoms with Gasteiger partial charge in [-0.25, -0.2) is 12.8 Å². The molecule has 0 aromatic heterocycles. The minimum Gasteiger partial charge on any atom is -0.490 e. The van der Waals surface area contributed by atoms with Crippen LogP contribution in [0.25, 0.3) is 10.8 Å². The second-order valence-corrected chi connectivity index (χ2v) is 10.0. The Hall–Kier alpha value is -2.97. The molecule has 0 unspecified atom stereocenters. The van der Waals surface area contributed by atoms with Gasteiger partial charge in [0.25, 0.3) is 0 Å². The number of halogens is 1. The van der Waals surface area contributed by atoms with E-state index in [4.69, 9.17) is 4.74 Å². The molecule has 3 aromatic rings. The first kappa shape index (κ1) is 23.2. The highest BCUT2D eigenvalue weighted by Gasteiger charge is 2.32. The molecular weight excluding hydrogens is 443 g/mol. The summed E-state index contributed by atoms with van der Waals surface area (Å²) in [6.07, 6.45) is 1.50. The van der Waals surface area contributed by atoms with Crippen molar-refractivity contribution in [2.75, 3.05) is 26.2 Å². The minimum atomic E-state index is -3.60. The van der Waals surface area contributed by atoms with E-state index < -0.39 is 15.8 Å². The largest absolute Gasteiger partial charge is 0.490 e. The Morgan fingerprint density at radius 3 is 2.45 bits per heavy atom. The molecule has 1 heterocycles. The van der Waals surface area contributed by atoms with Crippen molar-refractivity contribution >= 4 is 26.7 Å². The van der Waals surface area contributed by atoms with Crippen LogP contribution in [0.2, 0.25) is 0 Å². The molecule has 1 N–H and O–H groups in total. The highest BCUT2D eigenvalue weighted by Crippen LogP contribution is 2.26. The van der Waals surface area contributed by atoms with E-state index in [-0.39, 0.29) is 22.5 Å². The molecule has 6 nitrogen and oxygen atoms in total. The van der Waals surface area contributed by atoms with Gasteiger partial charge in [0.2, 0.25) is 15.9 Å². The molecule has 1 saturated heterocycles. The average Bonchev–Trinajstić information content (AvgIpc) is 2.84. The van der Waals surface area contributed by atoms with Crippen molar-refractivity contribution in [1.82, 2.24) is 9.62 Å². The molecule has 174 valence electrons. The molecular formula is C25H27FN2O4S. The number of piperidine rings is 1. The van der Waals surface area contributed by atoms with Gasteiger partial charge < -0.3 is 10.1 Å². The Bertz CT molecular complexity index is 1220. The second kappa shape index (κ2) is 10.3. The van der Waals surface area contributed by atoms with E-state index in [9.17, 15) is 17.6 Å². The Balaban J connectivity index is 1.24. The van der Waals surface area contributed by atoms with Crippen LogP contribution < -0.4 is 10.1 Å². The van der Waals surface area contributed by atoms with Crippen molar-refractivity contribution in [3.63, 3.8) is 0 Å². The summed E-state index contributed by atoms with van der Waals surface area (Å²) in [6.45, 7) is 1.33. The summed E-state index contributed by atoms with van der Waals surface area (Å²) in [5.41, 5.74) is 0. The number of sulfonamides is 1. The van der Waals surface area contributed by atoms with E-state index in [1.54, 1.807) is 30.3 Å². The molecule has 1 fully saturated rings. The predicted octanol–water partition coefficient (Wildman–Crippen LogP) is 3.96. The molecule has 1 aliphatic heterocycles. The Kier molecular flexibility index (Phi) is 7.25. The average molecular weight is 471 g/mol. The number of hydrogen-bond donors (Lipinski definition) is 1. The maximum absolute atomic E-state index is 13.5. The van der Waals surface area contributed by atoms with Crippen molar-refractivity contribution in [2.24, 2.45) is 5.92 Å². The molecule has 1 amide bonds. The molecule has 0 atom stereocenters. The lowest BCUT2D eigenvalue weighted by atomic mass is 9.97. The third-order valence-electron chi connectivity index (χ3n) is 5.90. The number of benzene rings is 3. The van der Waals surface area contributed by atoms with Crippen molar-refractivity contribution in [3.05, 3.63) is 72.5 Å². The number of nitrogens with zero attached hydrogens (tertiary/aromatic N) is 1. The zero-order valence-electron chi connectivity index (χ0n) is 18.2. The number of hydrogen-bond acceptors (Lipinski definition) is 4. The molecule has 3 aromatic carbocycles. The highest BCUT2D eigenvalue weighted by molar-refractivity contribution is 7.89. The molecule has 0 radical (unpaired) electrons. The van der Waals surface area contributed by atoms with Crippen LogP contribution in [-0.2, 0) is 14.8 Å². The van der Waals surface area contributed by atoms with Crippen LogP contribution in [0.1, 0.15) is 19.3 Å². The molecule has 0 bridgehead atoms. The Morgan fingerprint density at radius 2 is 1.70 bits per heavy atom. The van der Waals surface area contributed by atoms with Crippen LogP contribution in [0.15, 0.2) is 71.6 Å². The first-order valence-corrected chi connectivity index (χ1v) is 12.5. The van der Waals surface area contributed by atoms with Crippen LogP contribution in [0, 0.1) is 11.7 Å². The summed E-state index contributed by atoms with van der Waals surface area (Å²) in [5, 5.41) is 4.75. The zero-order valence-corrected chi connectivity index (χ0v) is 19.1. The quantitative estimate of drug-likeness (QED) is 0.506. The van der Waals surface area contributed by atoms with E-state index in [0.717, 1.165) is 10.8 Å². The van der Waals surface area contributed by atoms with Crippen molar-refractivity contribution < 1.29 is 22.3 Å². The van der Waals surface area contributed by atoms with E-state index in [1.807, 2.05) is 30.3 Å². The number of ether oxygens (including phenoxy) is 1. The number of fused-ring (bicyclic) bond motifs is 1. The predicted molar refractivity (Wildman–Crippen MR) is 125 cm³/mol. The van der Waals surface area contributed by atoms with Crippen LogP contribution in [0.4, 0.5) is 4.39 Å². The first-order valence-electron chi connectivity index (χ1n) is 11.1. The lowest BCUT2D eigenvalue weighted by Crippen LogP contribution is -2.43. The van der Waals surface area contributed by atoms with Crippen LogP contribution in [-0.4, -0.2) is 44.9 Å². The maximum Gasteiger partial charge on any atom is 0.243 e. The van der Waals surface area contributed by atoms with Gasteiger partial charge in [-0.05, 0) is 54.3 Å². The maximum atomic E-state index is 13.5. The fourth-order valence-corrected chi connectivity index (χ4v) is 5.51. The minimum absolute atomic E-state index is 0.0800. The van der Waals surface area contributed by atoms with Crippen molar-refractivity contribution in [1.29, 1.82) is 0 Å². The van der Waals surface area contributed by atoms with Crippen molar-refractivity contribution in [3.8, 4) is 5.75 Å². The van der Waals surface area contributed by atoms with Gasteiger partial charge in [-0.1, -0.05) is 42.5 Å². The van der Waals surface area contributed by atoms with E-state index in [0.29, 0.717) is 45.5 Å². The van der Waals surface area contributed by atoms with E-state index in [1.165, 1.54) is 10.4 Å². The molecule has 8 heteroatoms. The second-order valence-electron chi connectivity index (χ2n) is 8.11. The van der Waals surface area contributed by atoms with Gasteiger partial charge in [-0.15, -0.1) is 0 Å². The topological polar surface area (TPSA) is 75.7 Å². The summed E-state index contributed by atoms with van der Waals surface area (Å²) in [4.78, 5) is 12.8. The van der Waals surface area contributed by atoms with Crippen molar-refractivity contribution in [2.45, 2.75) is 24.2 Å². The molecule has 0 spiro atoms. The normalized spacial score (nSPS) is 15.4. The summed E-state index contributed by atoms with van der Waals surface area (Å²) >= 11 is 0. The van der Waals surface area contributed by atoms with Gasteiger partial charge >= 0.3 is 0 Å². The van der Waals surface area contributed by atoms with E-state index in [2.05, 4.69) is 5.32 Å². The van der Waals surface area contributed by atoms with Gasteiger partial charge in [0, 0.05) is 25.6 Å². The van der Waals surface area contributed by atoms with Crippen LogP contribution >= 0.6 is 0 Å². The summed E-state index contributed by atoms with van der Waals surface area (Å²) in [7, 11) is -3.60. The molecule has 1 aliphatic rings. The number of carbonyl (C=O) groups is 1. The lowest BCUT2D eigenvalue weighted by molar-refractivity contribution is -0.126. The molecule has 4 rings (SSSR count).